The highest BCUT2D eigenvalue weighted by Gasteiger charge is 2.56. The van der Waals surface area contributed by atoms with Crippen LogP contribution < -0.4 is 28.3 Å². The van der Waals surface area contributed by atoms with Crippen LogP contribution in [0.1, 0.15) is 76.6 Å². The predicted octanol–water partition coefficient (Wildman–Crippen LogP) is 11.7. The number of carbonyl (C=O) groups is 3. The highest BCUT2D eigenvalue weighted by molar-refractivity contribution is 7.95. The molecule has 2 aliphatic heterocycles. The van der Waals surface area contributed by atoms with Gasteiger partial charge in [0.2, 0.25) is 0 Å². The highest BCUT2D eigenvalue weighted by atomic mass is 35.5. The minimum atomic E-state index is -1.78. The molecule has 87 heavy (non-hydrogen) atoms. The number of halogens is 3. The molecule has 7 aromatic rings. The van der Waals surface area contributed by atoms with Gasteiger partial charge in [-0.2, -0.15) is 0 Å². The van der Waals surface area contributed by atoms with E-state index in [1.165, 1.54) is 45.8 Å². The standard InChI is InChI=1S/C28H30FNO3.C26H26FNO3.C20H20OP.ClH/c1-17-27-25(11-9-23-8-7-20(15-30-23)19-4-3-5-22(29)13-19)24-10-6-18(16-32-2)12-21(24)14-26(27)28(31)33-17;1-15-25-23(22-10-8-21(29)12-18(22)13-24(25)26(30)31-15)9-7-20-6-5-17(14-28-20)16-3-2-4-19(27)11-16;1-21-17-22(18-11-5-2-6-12-18,19-13-7-3-8-14-19)20-15-9-4-10-16-20;/h3-5,7-9,11,13,15-17,21,24-27H,6,10,12,14H2,1-2H3;2-7,9,11,14-15,18,22-25H,8,10,12-13H2,1H3;2-16H,17H2,1H3;1H/q;;+1;/p-1/b11-9+,18-16?;9-7+;;/t17-,21+,24-,25+,26-,27+;15-,18+,22-,23+,24-,25+;;/m11../s1. The summed E-state index contributed by atoms with van der Waals surface area (Å²) < 4.78 is 49.3. The van der Waals surface area contributed by atoms with Gasteiger partial charge < -0.3 is 31.4 Å². The highest BCUT2D eigenvalue weighted by Crippen LogP contribution is 2.57. The summed E-state index contributed by atoms with van der Waals surface area (Å²) in [7, 11) is 1.72. The number of hydrogen-bond acceptors (Lipinski definition) is 9. The maximum absolute atomic E-state index is 13.6. The van der Waals surface area contributed by atoms with E-state index in [9.17, 15) is 23.2 Å². The summed E-state index contributed by atoms with van der Waals surface area (Å²) in [6, 6.07) is 53.1. The largest absolute Gasteiger partial charge is 1.00 e. The summed E-state index contributed by atoms with van der Waals surface area (Å²) >= 11 is 0. The number of methoxy groups -OCH3 is 2. The number of carbonyl (C=O) groups excluding carboxylic acids is 3. The fourth-order valence-corrected chi connectivity index (χ4v) is 19.0. The summed E-state index contributed by atoms with van der Waals surface area (Å²) in [5, 5.41) is 4.07. The molecular weight excluding hydrogens is 1130 g/mol. The van der Waals surface area contributed by atoms with E-state index in [2.05, 4.69) is 119 Å². The molecule has 4 aliphatic carbocycles. The Labute approximate surface area is 517 Å². The average Bonchev–Trinajstić information content (AvgIpc) is 1.89. The SMILES string of the molecule is COC=C1CC[C@@H]2[C@@H](C1)C[C@H]1C(=O)O[C@H](C)[C@H]1[C@H]2/C=C/c1ccc(-c2cccc(F)c2)cn1.COC[P+](c1ccccc1)(c1ccccc1)c1ccccc1.C[C@H]1OC(=O)[C@@H]2C[C@@H]3CC(=O)CC[C@H]3[C@H](/C=C/c3ccc(-c4cccc(F)c4)cn3)[C@H]12.[Cl-]. The van der Waals surface area contributed by atoms with Gasteiger partial charge in [0.25, 0.3) is 0 Å². The Morgan fingerprint density at radius 1 is 0.552 bits per heavy atom. The molecular formula is C74H76ClF2N2O7P. The molecule has 6 aliphatic rings. The molecule has 2 aromatic heterocycles. The first kappa shape index (κ1) is 62.6. The molecule has 2 saturated heterocycles. The summed E-state index contributed by atoms with van der Waals surface area (Å²) in [6.07, 6.45) is 21.4. The fourth-order valence-electron chi connectivity index (χ4n) is 15.2. The smallest absolute Gasteiger partial charge is 0.309 e. The molecule has 450 valence electrons. The van der Waals surface area contributed by atoms with Crippen LogP contribution in [-0.2, 0) is 33.3 Å². The van der Waals surface area contributed by atoms with Crippen molar-refractivity contribution in [2.75, 3.05) is 20.6 Å². The molecule has 13 rings (SSSR count). The number of fused-ring (bicyclic) bond motifs is 4. The van der Waals surface area contributed by atoms with Crippen LogP contribution in [0, 0.1) is 70.8 Å². The number of allylic oxidation sites excluding steroid dienone is 3. The molecule has 4 heterocycles. The maximum Gasteiger partial charge on any atom is 0.309 e. The molecule has 12 atom stereocenters. The van der Waals surface area contributed by atoms with Crippen molar-refractivity contribution < 1.29 is 54.5 Å². The first-order valence-electron chi connectivity index (χ1n) is 30.4. The van der Waals surface area contributed by atoms with E-state index in [0.717, 1.165) is 72.2 Å². The van der Waals surface area contributed by atoms with Crippen LogP contribution in [0.4, 0.5) is 8.78 Å². The lowest BCUT2D eigenvalue weighted by Crippen LogP contribution is -3.00. The van der Waals surface area contributed by atoms with E-state index in [4.69, 9.17) is 18.9 Å². The molecule has 6 fully saturated rings. The number of esters is 2. The molecule has 9 nitrogen and oxygen atoms in total. The van der Waals surface area contributed by atoms with Crippen LogP contribution in [0.5, 0.6) is 0 Å². The lowest BCUT2D eigenvalue weighted by Gasteiger charge is -2.46. The van der Waals surface area contributed by atoms with Gasteiger partial charge in [0.1, 0.15) is 52.8 Å². The second kappa shape index (κ2) is 28.6. The zero-order chi connectivity index (χ0) is 59.7. The van der Waals surface area contributed by atoms with Gasteiger partial charge in [0.05, 0.1) is 36.6 Å². The number of nitrogens with zero attached hydrogens (tertiary/aromatic N) is 2. The molecule has 5 aromatic carbocycles. The zero-order valence-corrected chi connectivity index (χ0v) is 51.4. The normalized spacial score (nSPS) is 26.8. The molecule has 4 saturated carbocycles. The monoisotopic (exact) mass is 1210 g/mol. The van der Waals surface area contributed by atoms with Crippen LogP contribution in [0.15, 0.2) is 200 Å². The lowest BCUT2D eigenvalue weighted by molar-refractivity contribution is -0.145. The Kier molecular flexibility index (Phi) is 20.6. The van der Waals surface area contributed by atoms with Crippen LogP contribution in [-0.4, -0.2) is 60.5 Å². The van der Waals surface area contributed by atoms with Crippen molar-refractivity contribution in [1.82, 2.24) is 9.97 Å². The fraction of sp³-hybridized carbons (Fsp3) is 0.338. The van der Waals surface area contributed by atoms with E-state index in [-0.39, 0.29) is 89.6 Å². The van der Waals surface area contributed by atoms with Crippen LogP contribution in [0.25, 0.3) is 34.4 Å². The van der Waals surface area contributed by atoms with E-state index >= 15 is 0 Å². The van der Waals surface area contributed by atoms with Crippen molar-refractivity contribution in [3.8, 4) is 22.3 Å². The molecule has 0 spiro atoms. The van der Waals surface area contributed by atoms with Crippen LogP contribution in [0.2, 0.25) is 0 Å². The second-order valence-corrected chi connectivity index (χ2v) is 27.5. The first-order valence-corrected chi connectivity index (χ1v) is 32.4. The molecule has 0 unspecified atom stereocenters. The maximum atomic E-state index is 13.6. The van der Waals surface area contributed by atoms with Gasteiger partial charge in [0, 0.05) is 55.3 Å². The second-order valence-electron chi connectivity index (χ2n) is 24.1. The van der Waals surface area contributed by atoms with Crippen LogP contribution >= 0.6 is 7.26 Å². The molecule has 0 radical (unpaired) electrons. The van der Waals surface area contributed by atoms with Crippen LogP contribution in [0.3, 0.4) is 0 Å². The van der Waals surface area contributed by atoms with Crippen molar-refractivity contribution in [3.63, 3.8) is 0 Å². The Hall–Kier alpha value is -7.43. The zero-order valence-electron chi connectivity index (χ0n) is 49.8. The van der Waals surface area contributed by atoms with Gasteiger partial charge in [0.15, 0.2) is 6.35 Å². The number of ether oxygens (including phenoxy) is 4. The van der Waals surface area contributed by atoms with Crippen molar-refractivity contribution in [1.29, 1.82) is 0 Å². The van der Waals surface area contributed by atoms with E-state index < -0.39 is 7.26 Å². The lowest BCUT2D eigenvalue weighted by atomic mass is 9.57. The van der Waals surface area contributed by atoms with E-state index in [1.807, 2.05) is 62.6 Å². The third kappa shape index (κ3) is 14.0. The van der Waals surface area contributed by atoms with Crippen molar-refractivity contribution in [3.05, 3.63) is 223 Å². The molecule has 13 heteroatoms. The Balaban J connectivity index is 0.000000147. The summed E-state index contributed by atoms with van der Waals surface area (Å²) in [4.78, 5) is 46.2. The minimum absolute atomic E-state index is 0. The number of aromatic nitrogens is 2. The average molecular weight is 1210 g/mol. The number of Topliss-reactive ketones (excluding diaryl/α,β-unsaturated/α-hetero) is 1. The summed E-state index contributed by atoms with van der Waals surface area (Å²) in [6.45, 7) is 4.03. The number of hydrogen-bond donors (Lipinski definition) is 0. The van der Waals surface area contributed by atoms with Gasteiger partial charge in [-0.05, 0) is 190 Å². The Bertz CT molecular complexity index is 3460. The van der Waals surface area contributed by atoms with Gasteiger partial charge in [-0.1, -0.05) is 103 Å². The van der Waals surface area contributed by atoms with Gasteiger partial charge in [-0.25, -0.2) is 8.78 Å². The minimum Gasteiger partial charge on any atom is -1.00 e. The third-order valence-electron chi connectivity index (χ3n) is 19.1. The van der Waals surface area contributed by atoms with Gasteiger partial charge in [-0.15, -0.1) is 0 Å². The van der Waals surface area contributed by atoms with Crippen molar-refractivity contribution in [2.45, 2.75) is 77.4 Å². The molecule has 0 amide bonds. The van der Waals surface area contributed by atoms with Crippen molar-refractivity contribution in [2.24, 2.45) is 59.2 Å². The third-order valence-corrected chi connectivity index (χ3v) is 23.2. The number of ketones is 1. The van der Waals surface area contributed by atoms with Gasteiger partial charge in [-0.3, -0.25) is 24.4 Å². The Morgan fingerprint density at radius 2 is 1.00 bits per heavy atom. The predicted molar refractivity (Wildman–Crippen MR) is 337 cm³/mol. The van der Waals surface area contributed by atoms with E-state index in [1.54, 1.807) is 38.7 Å². The number of pyridine rings is 2. The first-order chi connectivity index (χ1) is 41.9. The van der Waals surface area contributed by atoms with Crippen molar-refractivity contribution >= 4 is 53.0 Å². The van der Waals surface area contributed by atoms with Gasteiger partial charge >= 0.3 is 11.9 Å². The molecule has 0 N–H and O–H groups in total. The number of benzene rings is 5. The summed E-state index contributed by atoms with van der Waals surface area (Å²) in [5.74, 6) is 2.03. The van der Waals surface area contributed by atoms with E-state index in [0.29, 0.717) is 42.7 Å². The number of rotatable bonds is 12. The summed E-state index contributed by atoms with van der Waals surface area (Å²) in [5.41, 5.74) is 6.39. The topological polar surface area (TPSA) is 114 Å². The Morgan fingerprint density at radius 3 is 1.41 bits per heavy atom. The molecule has 0 bridgehead atoms. The number of cyclic esters (lactones) is 2. The quantitative estimate of drug-likeness (QED) is 0.0670.